The van der Waals surface area contributed by atoms with Crippen LogP contribution in [0, 0.1) is 13.8 Å². The molecule has 0 spiro atoms. The highest BCUT2D eigenvalue weighted by atomic mass is 32.2. The summed E-state index contributed by atoms with van der Waals surface area (Å²) in [5.41, 5.74) is 3.09. The summed E-state index contributed by atoms with van der Waals surface area (Å²) in [7, 11) is -3.26. The number of aryl methyl sites for hydroxylation is 2. The van der Waals surface area contributed by atoms with E-state index in [4.69, 9.17) is 4.74 Å². The Kier molecular flexibility index (Phi) is 5.20. The highest BCUT2D eigenvalue weighted by Crippen LogP contribution is 2.21. The number of nitrogens with one attached hydrogen (secondary N) is 1. The third kappa shape index (κ3) is 4.06. The summed E-state index contributed by atoms with van der Waals surface area (Å²) >= 11 is 0. The monoisotopic (exact) mass is 326 g/mol. The molecule has 1 heterocycles. The zero-order chi connectivity index (χ0) is 16.3. The first-order valence-electron chi connectivity index (χ1n) is 7.29. The summed E-state index contributed by atoms with van der Waals surface area (Å²) in [6.45, 7) is 6.07. The predicted molar refractivity (Wildman–Crippen MR) is 85.5 cm³/mol. The van der Waals surface area contributed by atoms with Gasteiger partial charge in [-0.2, -0.15) is 0 Å². The maximum absolute atomic E-state index is 12.1. The van der Waals surface area contributed by atoms with E-state index in [9.17, 15) is 13.2 Å². The molecule has 0 saturated carbocycles. The average molecular weight is 326 g/mol. The van der Waals surface area contributed by atoms with Crippen molar-refractivity contribution in [3.63, 3.8) is 0 Å². The van der Waals surface area contributed by atoms with Crippen molar-refractivity contribution in [1.82, 2.24) is 4.72 Å². The number of carbonyl (C=O) groups excluding carboxylic acids is 1. The number of nitrogens with zero attached hydrogens (tertiary/aromatic N) is 1. The van der Waals surface area contributed by atoms with Crippen LogP contribution in [0.2, 0.25) is 0 Å². The number of ether oxygens (including phenoxy) is 1. The van der Waals surface area contributed by atoms with E-state index in [-0.39, 0.29) is 30.9 Å². The molecule has 6 nitrogen and oxygen atoms in total. The van der Waals surface area contributed by atoms with Crippen molar-refractivity contribution in [1.29, 1.82) is 0 Å². The molecule has 0 radical (unpaired) electrons. The van der Waals surface area contributed by atoms with E-state index in [1.54, 1.807) is 11.8 Å². The number of hydrogen-bond acceptors (Lipinski definition) is 4. The van der Waals surface area contributed by atoms with Gasteiger partial charge in [-0.3, -0.25) is 4.79 Å². The van der Waals surface area contributed by atoms with Gasteiger partial charge in [-0.25, -0.2) is 13.1 Å². The molecule has 1 aromatic carbocycles. The second-order valence-corrected chi connectivity index (χ2v) is 7.55. The molecule has 0 bridgehead atoms. The lowest BCUT2D eigenvalue weighted by Gasteiger charge is -2.33. The molecule has 0 aliphatic carbocycles. The van der Waals surface area contributed by atoms with E-state index >= 15 is 0 Å². The molecule has 7 heteroatoms. The van der Waals surface area contributed by atoms with E-state index in [1.165, 1.54) is 0 Å². The smallest absolute Gasteiger partial charge is 0.253 e. The lowest BCUT2D eigenvalue weighted by atomic mass is 10.1. The average Bonchev–Trinajstić information content (AvgIpc) is 2.49. The summed E-state index contributed by atoms with van der Waals surface area (Å²) in [6, 6.07) is 5.84. The number of hydrogen-bond donors (Lipinski definition) is 1. The van der Waals surface area contributed by atoms with Crippen LogP contribution in [0.3, 0.4) is 0 Å². The fourth-order valence-electron chi connectivity index (χ4n) is 2.21. The Balaban J connectivity index is 2.08. The number of sulfonamides is 1. The second-order valence-electron chi connectivity index (χ2n) is 5.46. The summed E-state index contributed by atoms with van der Waals surface area (Å²) in [5.74, 6) is -0.0858. The molecule has 1 aromatic rings. The number of carbonyl (C=O) groups is 1. The lowest BCUT2D eigenvalue weighted by molar-refractivity contribution is -0.129. The van der Waals surface area contributed by atoms with Gasteiger partial charge in [0.05, 0.1) is 18.4 Å². The molecule has 1 fully saturated rings. The third-order valence-electron chi connectivity index (χ3n) is 3.84. The van der Waals surface area contributed by atoms with Gasteiger partial charge in [0.15, 0.2) is 0 Å². The summed E-state index contributed by atoms with van der Waals surface area (Å²) in [5, 5.41) is 0. The van der Waals surface area contributed by atoms with Gasteiger partial charge in [-0.05, 0) is 44.0 Å². The molecule has 1 aliphatic rings. The molecule has 1 unspecified atom stereocenters. The van der Waals surface area contributed by atoms with Crippen LogP contribution >= 0.6 is 0 Å². The summed E-state index contributed by atoms with van der Waals surface area (Å²) in [6.07, 6.45) is -0.347. The largest absolute Gasteiger partial charge is 0.365 e. The number of morpholine rings is 1. The third-order valence-corrected chi connectivity index (χ3v) is 5.21. The van der Waals surface area contributed by atoms with E-state index < -0.39 is 10.0 Å². The highest BCUT2D eigenvalue weighted by molar-refractivity contribution is 7.89. The van der Waals surface area contributed by atoms with E-state index in [1.807, 2.05) is 32.0 Å². The second kappa shape index (κ2) is 6.76. The van der Waals surface area contributed by atoms with Gasteiger partial charge in [0.1, 0.15) is 6.61 Å². The first-order valence-corrected chi connectivity index (χ1v) is 8.94. The number of anilines is 1. The van der Waals surface area contributed by atoms with Crippen LogP contribution in [0.1, 0.15) is 18.1 Å². The Hall–Kier alpha value is -1.44. The Labute approximate surface area is 131 Å². The number of rotatable bonds is 5. The van der Waals surface area contributed by atoms with E-state index in [0.29, 0.717) is 6.54 Å². The standard InChI is InChI=1S/C15H22N2O4S/c1-4-22(19,20)16-8-14-9-17(15(18)10-21-14)13-6-5-11(2)12(3)7-13/h5-7,14,16H,4,8-10H2,1-3H3. The van der Waals surface area contributed by atoms with Crippen LogP contribution in [0.25, 0.3) is 0 Å². The Morgan fingerprint density at radius 2 is 2.05 bits per heavy atom. The fourth-order valence-corrected chi connectivity index (χ4v) is 2.86. The van der Waals surface area contributed by atoms with Crippen molar-refractivity contribution in [3.05, 3.63) is 29.3 Å². The van der Waals surface area contributed by atoms with Gasteiger partial charge < -0.3 is 9.64 Å². The SMILES string of the molecule is CCS(=O)(=O)NCC1CN(c2ccc(C)c(C)c2)C(=O)CO1. The maximum atomic E-state index is 12.1. The summed E-state index contributed by atoms with van der Waals surface area (Å²) < 4.78 is 30.9. The highest BCUT2D eigenvalue weighted by Gasteiger charge is 2.28. The Morgan fingerprint density at radius 1 is 1.32 bits per heavy atom. The minimum Gasteiger partial charge on any atom is -0.365 e. The molecule has 1 aliphatic heterocycles. The molecule has 22 heavy (non-hydrogen) atoms. The first-order chi connectivity index (χ1) is 10.3. The van der Waals surface area contributed by atoms with Crippen molar-refractivity contribution in [2.24, 2.45) is 0 Å². The van der Waals surface area contributed by atoms with Crippen molar-refractivity contribution < 1.29 is 17.9 Å². The van der Waals surface area contributed by atoms with Gasteiger partial charge in [0.25, 0.3) is 5.91 Å². The van der Waals surface area contributed by atoms with Gasteiger partial charge in [0, 0.05) is 12.2 Å². The van der Waals surface area contributed by atoms with Crippen LogP contribution in [0.5, 0.6) is 0 Å². The quantitative estimate of drug-likeness (QED) is 0.875. The molecular weight excluding hydrogens is 304 g/mol. The normalized spacial score (nSPS) is 19.5. The minimum atomic E-state index is -3.26. The fraction of sp³-hybridized carbons (Fsp3) is 0.533. The zero-order valence-corrected chi connectivity index (χ0v) is 13.9. The van der Waals surface area contributed by atoms with Crippen LogP contribution in [0.4, 0.5) is 5.69 Å². The molecule has 2 rings (SSSR count). The Morgan fingerprint density at radius 3 is 2.68 bits per heavy atom. The van der Waals surface area contributed by atoms with E-state index in [2.05, 4.69) is 4.72 Å². The van der Waals surface area contributed by atoms with Gasteiger partial charge >= 0.3 is 0 Å². The molecular formula is C15H22N2O4S. The van der Waals surface area contributed by atoms with Gasteiger partial charge in [0.2, 0.25) is 10.0 Å². The van der Waals surface area contributed by atoms with Crippen molar-refractivity contribution in [3.8, 4) is 0 Å². The molecule has 1 amide bonds. The Bertz CT molecular complexity index is 658. The lowest BCUT2D eigenvalue weighted by Crippen LogP contribution is -2.50. The minimum absolute atomic E-state index is 0.0273. The molecule has 0 aromatic heterocycles. The zero-order valence-electron chi connectivity index (χ0n) is 13.1. The van der Waals surface area contributed by atoms with Crippen molar-refractivity contribution >= 4 is 21.6 Å². The van der Waals surface area contributed by atoms with Crippen molar-refractivity contribution in [2.75, 3.05) is 30.3 Å². The molecule has 1 saturated heterocycles. The molecule has 1 N–H and O–H groups in total. The van der Waals surface area contributed by atoms with Crippen LogP contribution in [-0.4, -0.2) is 45.9 Å². The molecule has 122 valence electrons. The van der Waals surface area contributed by atoms with Crippen molar-refractivity contribution in [2.45, 2.75) is 26.9 Å². The first kappa shape index (κ1) is 16.9. The van der Waals surface area contributed by atoms with Crippen LogP contribution < -0.4 is 9.62 Å². The van der Waals surface area contributed by atoms with Crippen LogP contribution in [0.15, 0.2) is 18.2 Å². The predicted octanol–water partition coefficient (Wildman–Crippen LogP) is 0.975. The number of amides is 1. The van der Waals surface area contributed by atoms with Crippen LogP contribution in [-0.2, 0) is 19.6 Å². The topological polar surface area (TPSA) is 75.7 Å². The maximum Gasteiger partial charge on any atom is 0.253 e. The summed E-state index contributed by atoms with van der Waals surface area (Å²) in [4.78, 5) is 13.7. The van der Waals surface area contributed by atoms with Gasteiger partial charge in [-0.1, -0.05) is 6.07 Å². The van der Waals surface area contributed by atoms with E-state index in [0.717, 1.165) is 16.8 Å². The van der Waals surface area contributed by atoms with Gasteiger partial charge in [-0.15, -0.1) is 0 Å². The molecule has 1 atom stereocenters. The number of benzene rings is 1.